The number of nitrogens with one attached hydrogen (secondary N) is 1. The van der Waals surface area contributed by atoms with Gasteiger partial charge in [-0.3, -0.25) is 14.6 Å². The van der Waals surface area contributed by atoms with Crippen LogP contribution in [0.1, 0.15) is 29.8 Å². The van der Waals surface area contributed by atoms with Gasteiger partial charge in [0.05, 0.1) is 22.8 Å². The van der Waals surface area contributed by atoms with Gasteiger partial charge in [-0.15, -0.1) is 0 Å². The van der Waals surface area contributed by atoms with Crippen molar-refractivity contribution in [3.63, 3.8) is 0 Å². The van der Waals surface area contributed by atoms with Crippen LogP contribution >= 0.6 is 11.6 Å². The first-order valence-electron chi connectivity index (χ1n) is 11.6. The van der Waals surface area contributed by atoms with Crippen molar-refractivity contribution >= 4 is 47.0 Å². The molecule has 1 heterocycles. The average Bonchev–Trinajstić information content (AvgIpc) is 3.06. The second kappa shape index (κ2) is 12.2. The summed E-state index contributed by atoms with van der Waals surface area (Å²) in [6.07, 6.45) is 4.49. The monoisotopic (exact) mass is 510 g/mol. The molecule has 0 fully saturated rings. The van der Waals surface area contributed by atoms with Crippen LogP contribution in [0.2, 0.25) is 5.02 Å². The predicted octanol–water partition coefficient (Wildman–Crippen LogP) is 3.55. The smallest absolute Gasteiger partial charge is 0.318 e. The molecule has 0 saturated carbocycles. The Morgan fingerprint density at radius 2 is 1.94 bits per heavy atom. The quantitative estimate of drug-likeness (QED) is 0.579. The van der Waals surface area contributed by atoms with E-state index in [1.807, 2.05) is 38.1 Å². The van der Waals surface area contributed by atoms with Crippen LogP contribution in [0.25, 0.3) is 0 Å². The first-order chi connectivity index (χ1) is 17.2. The highest BCUT2D eigenvalue weighted by Gasteiger charge is 2.28. The number of allylic oxidation sites excluding steroid dienone is 1. The molecule has 0 aromatic heterocycles. The molecule has 36 heavy (non-hydrogen) atoms. The van der Waals surface area contributed by atoms with Crippen molar-refractivity contribution in [2.45, 2.75) is 26.4 Å². The molecular weight excluding hydrogens is 480 g/mol. The van der Waals surface area contributed by atoms with Crippen molar-refractivity contribution in [1.82, 2.24) is 15.1 Å². The molecule has 0 unspecified atom stereocenters. The number of rotatable bonds is 6. The van der Waals surface area contributed by atoms with E-state index in [9.17, 15) is 14.4 Å². The highest BCUT2D eigenvalue weighted by Crippen LogP contribution is 2.30. The van der Waals surface area contributed by atoms with Crippen molar-refractivity contribution < 1.29 is 14.4 Å². The zero-order chi connectivity index (χ0) is 26.2. The van der Waals surface area contributed by atoms with Crippen molar-refractivity contribution in [2.24, 2.45) is 10.7 Å². The fourth-order valence-corrected chi connectivity index (χ4v) is 3.93. The van der Waals surface area contributed by atoms with Gasteiger partial charge in [-0.05, 0) is 56.0 Å². The molecule has 0 aliphatic carbocycles. The molecule has 0 saturated heterocycles. The number of hydrogen-bond donors (Lipinski definition) is 2. The van der Waals surface area contributed by atoms with Crippen LogP contribution in [0.3, 0.4) is 0 Å². The van der Waals surface area contributed by atoms with Crippen LogP contribution in [-0.4, -0.2) is 66.6 Å². The number of aliphatic imine (C=N–C) groups is 1. The third-order valence-electron chi connectivity index (χ3n) is 5.93. The Kier molecular flexibility index (Phi) is 9.08. The number of likely N-dealkylation sites (N-methyl/N-ethyl adjacent to an activating group) is 1. The van der Waals surface area contributed by atoms with Gasteiger partial charge in [0.1, 0.15) is 0 Å². The molecule has 0 atom stereocenters. The van der Waals surface area contributed by atoms with Gasteiger partial charge in [0.15, 0.2) is 0 Å². The van der Waals surface area contributed by atoms with Gasteiger partial charge < -0.3 is 25.8 Å². The largest absolute Gasteiger partial charge is 0.405 e. The fourth-order valence-electron chi connectivity index (χ4n) is 3.68. The van der Waals surface area contributed by atoms with E-state index in [1.54, 1.807) is 46.0 Å². The van der Waals surface area contributed by atoms with Gasteiger partial charge in [0.25, 0.3) is 5.91 Å². The number of nitrogens with two attached hydrogens (primary N) is 1. The molecule has 2 aromatic carbocycles. The van der Waals surface area contributed by atoms with E-state index in [1.165, 1.54) is 12.4 Å². The molecule has 2 aromatic rings. The van der Waals surface area contributed by atoms with E-state index in [0.29, 0.717) is 23.5 Å². The topological polar surface area (TPSA) is 111 Å². The molecule has 10 heteroatoms. The van der Waals surface area contributed by atoms with Gasteiger partial charge in [0.2, 0.25) is 5.91 Å². The summed E-state index contributed by atoms with van der Waals surface area (Å²) < 4.78 is 0. The van der Waals surface area contributed by atoms with Crippen LogP contribution in [-0.2, 0) is 11.3 Å². The summed E-state index contributed by atoms with van der Waals surface area (Å²) in [6.45, 7) is 4.56. The number of anilines is 1. The Bertz CT molecular complexity index is 1180. The molecule has 1 aliphatic heterocycles. The maximum absolute atomic E-state index is 13.5. The minimum Gasteiger partial charge on any atom is -0.405 e. The highest BCUT2D eigenvalue weighted by molar-refractivity contribution is 6.34. The summed E-state index contributed by atoms with van der Waals surface area (Å²) in [4.78, 5) is 47.7. The SMILES string of the molecule is CC(C)N(C)C(=O)CNC(=O)N1CCN(C(=O)c2ccc(N=CC=CN)cc2Cl)c2ccccc2C1. The molecular formula is C26H31ClN6O3. The van der Waals surface area contributed by atoms with Gasteiger partial charge in [-0.2, -0.15) is 0 Å². The lowest BCUT2D eigenvalue weighted by Gasteiger charge is -2.25. The Labute approximate surface area is 216 Å². The number of carbonyl (C=O) groups excluding carboxylic acids is 3. The zero-order valence-electron chi connectivity index (χ0n) is 20.6. The van der Waals surface area contributed by atoms with Crippen molar-refractivity contribution in [3.05, 3.63) is 70.9 Å². The van der Waals surface area contributed by atoms with E-state index in [2.05, 4.69) is 10.3 Å². The van der Waals surface area contributed by atoms with Crippen LogP contribution in [0.5, 0.6) is 0 Å². The molecule has 3 N–H and O–H groups in total. The number of para-hydroxylation sites is 1. The minimum absolute atomic E-state index is 0.0366. The fraction of sp³-hybridized carbons (Fsp3) is 0.308. The van der Waals surface area contributed by atoms with Crippen LogP contribution in [0.15, 0.2) is 59.7 Å². The second-order valence-corrected chi connectivity index (χ2v) is 9.00. The normalized spacial score (nSPS) is 13.7. The van der Waals surface area contributed by atoms with Gasteiger partial charge in [0, 0.05) is 44.6 Å². The number of amides is 4. The first-order valence-corrected chi connectivity index (χ1v) is 12.0. The molecule has 3 rings (SSSR count). The maximum atomic E-state index is 13.5. The number of hydrogen-bond acceptors (Lipinski definition) is 5. The van der Waals surface area contributed by atoms with Crippen LogP contribution in [0, 0.1) is 0 Å². The lowest BCUT2D eigenvalue weighted by atomic mass is 10.1. The average molecular weight is 511 g/mol. The van der Waals surface area contributed by atoms with E-state index in [0.717, 1.165) is 5.56 Å². The van der Waals surface area contributed by atoms with Gasteiger partial charge >= 0.3 is 6.03 Å². The summed E-state index contributed by atoms with van der Waals surface area (Å²) in [5.74, 6) is -0.451. The van der Waals surface area contributed by atoms with E-state index < -0.39 is 0 Å². The van der Waals surface area contributed by atoms with Crippen LogP contribution in [0.4, 0.5) is 16.2 Å². The van der Waals surface area contributed by atoms with E-state index in [4.69, 9.17) is 17.3 Å². The third kappa shape index (κ3) is 6.42. The van der Waals surface area contributed by atoms with Gasteiger partial charge in [-0.25, -0.2) is 4.79 Å². The summed E-state index contributed by atoms with van der Waals surface area (Å²) in [7, 11) is 1.70. The van der Waals surface area contributed by atoms with Crippen molar-refractivity contribution in [1.29, 1.82) is 0 Å². The standard InChI is InChI=1S/C26H31ClN6O3/c1-18(2)31(3)24(34)16-30-26(36)32-13-14-33(23-8-5-4-7-19(23)17-32)25(35)21-10-9-20(15-22(21)27)29-12-6-11-28/h4-12,15,18H,13-14,16-17,28H2,1-3H3,(H,30,36). The number of halogens is 1. The maximum Gasteiger partial charge on any atom is 0.318 e. The molecule has 9 nitrogen and oxygen atoms in total. The lowest BCUT2D eigenvalue weighted by Crippen LogP contribution is -2.47. The highest BCUT2D eigenvalue weighted by atomic mass is 35.5. The first kappa shape index (κ1) is 26.7. The summed E-state index contributed by atoms with van der Waals surface area (Å²) in [5, 5.41) is 2.98. The third-order valence-corrected chi connectivity index (χ3v) is 6.24. The van der Waals surface area contributed by atoms with Crippen molar-refractivity contribution in [3.8, 4) is 0 Å². The van der Waals surface area contributed by atoms with E-state index in [-0.39, 0.29) is 48.5 Å². The summed E-state index contributed by atoms with van der Waals surface area (Å²) >= 11 is 6.45. The lowest BCUT2D eigenvalue weighted by molar-refractivity contribution is -0.130. The molecule has 190 valence electrons. The Hall–Kier alpha value is -3.85. The Morgan fingerprint density at radius 1 is 1.19 bits per heavy atom. The second-order valence-electron chi connectivity index (χ2n) is 8.59. The minimum atomic E-state index is -0.364. The number of fused-ring (bicyclic) bond motifs is 1. The summed E-state index contributed by atoms with van der Waals surface area (Å²) in [5.41, 5.74) is 7.75. The molecule has 0 spiro atoms. The number of nitrogens with zero attached hydrogens (tertiary/aromatic N) is 4. The Balaban J connectivity index is 1.78. The Morgan fingerprint density at radius 3 is 2.64 bits per heavy atom. The van der Waals surface area contributed by atoms with E-state index >= 15 is 0 Å². The zero-order valence-corrected chi connectivity index (χ0v) is 21.4. The molecule has 1 aliphatic rings. The van der Waals surface area contributed by atoms with Gasteiger partial charge in [-0.1, -0.05) is 29.8 Å². The van der Waals surface area contributed by atoms with Crippen LogP contribution < -0.4 is 16.0 Å². The number of carbonyl (C=O) groups is 3. The molecule has 0 radical (unpaired) electrons. The molecule has 0 bridgehead atoms. The predicted molar refractivity (Wildman–Crippen MR) is 143 cm³/mol. The number of benzene rings is 2. The molecule has 4 amide bonds. The summed E-state index contributed by atoms with van der Waals surface area (Å²) in [6, 6.07) is 12.1. The van der Waals surface area contributed by atoms with Crippen molar-refractivity contribution in [2.75, 3.05) is 31.6 Å². The number of urea groups is 1.